The molecule has 0 unspecified atom stereocenters. The minimum absolute atomic E-state index is 0.0531. The summed E-state index contributed by atoms with van der Waals surface area (Å²) in [5, 5.41) is 6.90. The molecule has 0 N–H and O–H groups in total. The van der Waals surface area contributed by atoms with Gasteiger partial charge in [0.2, 0.25) is 5.95 Å². The Labute approximate surface area is 367 Å². The number of hydrogen-bond acceptors (Lipinski definition) is 4. The van der Waals surface area contributed by atoms with Crippen LogP contribution in [-0.4, -0.2) is 24.1 Å². The lowest BCUT2D eigenvalue weighted by Gasteiger charge is -2.25. The Morgan fingerprint density at radius 2 is 0.905 bits per heavy atom. The van der Waals surface area contributed by atoms with E-state index in [2.05, 4.69) is 199 Å². The number of nitrogens with zero attached hydrogens (tertiary/aromatic N) is 5. The van der Waals surface area contributed by atoms with Crippen molar-refractivity contribution < 1.29 is 4.42 Å². The highest BCUT2D eigenvalue weighted by Gasteiger charge is 2.29. The summed E-state index contributed by atoms with van der Waals surface area (Å²) in [4.78, 5) is 16.1. The minimum atomic E-state index is -0.167. The first-order valence-electron chi connectivity index (χ1n) is 22.0. The van der Waals surface area contributed by atoms with E-state index in [4.69, 9.17) is 19.4 Å². The van der Waals surface area contributed by atoms with Gasteiger partial charge in [0, 0.05) is 49.1 Å². The third-order valence-electron chi connectivity index (χ3n) is 12.8. The zero-order valence-corrected chi connectivity index (χ0v) is 37.5. The second-order valence-corrected chi connectivity index (χ2v) is 20.2. The van der Waals surface area contributed by atoms with E-state index < -0.39 is 0 Å². The maximum atomic E-state index is 7.15. The summed E-state index contributed by atoms with van der Waals surface area (Å²) in [5.41, 5.74) is 12.2. The first-order chi connectivity index (χ1) is 30.1. The second kappa shape index (κ2) is 13.7. The van der Waals surface area contributed by atoms with Gasteiger partial charge < -0.3 is 8.98 Å². The van der Waals surface area contributed by atoms with Crippen LogP contribution in [0, 0.1) is 0 Å². The van der Waals surface area contributed by atoms with E-state index >= 15 is 0 Å². The molecule has 63 heavy (non-hydrogen) atoms. The van der Waals surface area contributed by atoms with Crippen molar-refractivity contribution in [3.63, 3.8) is 0 Å². The van der Waals surface area contributed by atoms with Gasteiger partial charge in [0.15, 0.2) is 11.6 Å². The first kappa shape index (κ1) is 38.8. The molecule has 0 amide bonds. The number of fused-ring (bicyclic) bond motifs is 9. The molecule has 11 rings (SSSR count). The Balaban J connectivity index is 1.20. The normalized spacial score (nSPS) is 12.8. The summed E-state index contributed by atoms with van der Waals surface area (Å²) in [6.07, 6.45) is 0. The largest absolute Gasteiger partial charge is 0.455 e. The van der Waals surface area contributed by atoms with E-state index in [-0.39, 0.29) is 16.2 Å². The van der Waals surface area contributed by atoms with Crippen molar-refractivity contribution in [1.82, 2.24) is 24.1 Å². The fourth-order valence-corrected chi connectivity index (χ4v) is 9.39. The summed E-state index contributed by atoms with van der Waals surface area (Å²) in [6.45, 7) is 20.5. The molecule has 0 radical (unpaired) electrons. The van der Waals surface area contributed by atoms with Gasteiger partial charge in [-0.2, -0.15) is 9.97 Å². The topological polar surface area (TPSA) is 61.7 Å². The highest BCUT2D eigenvalue weighted by Crippen LogP contribution is 2.45. The van der Waals surface area contributed by atoms with E-state index in [0.717, 1.165) is 60.6 Å². The molecule has 0 aliphatic carbocycles. The monoisotopic (exact) mass is 821 g/mol. The minimum Gasteiger partial charge on any atom is -0.455 e. The van der Waals surface area contributed by atoms with Crippen molar-refractivity contribution in [2.45, 2.75) is 78.6 Å². The molecule has 0 fully saturated rings. The Morgan fingerprint density at radius 1 is 0.397 bits per heavy atom. The molecule has 0 spiro atoms. The predicted molar refractivity (Wildman–Crippen MR) is 263 cm³/mol. The van der Waals surface area contributed by atoms with Crippen LogP contribution in [0.2, 0.25) is 0 Å². The third kappa shape index (κ3) is 6.25. The maximum absolute atomic E-state index is 7.15. The van der Waals surface area contributed by atoms with E-state index in [0.29, 0.717) is 17.6 Å². The average molecular weight is 822 g/mol. The molecule has 6 heteroatoms. The van der Waals surface area contributed by atoms with Gasteiger partial charge in [0.05, 0.1) is 27.6 Å². The SMILES string of the molecule is CC(C)(C)c1cc(-c2nc(-c3ccccc3)nc(-n3c4ccccc4c4cc(-n5c6ccccc6c6ccccc65)ccc43)n2)c2oc3c(C(C)(C)C)cc(C(C)(C)C)cc3c2c1. The van der Waals surface area contributed by atoms with E-state index in [9.17, 15) is 0 Å². The van der Waals surface area contributed by atoms with Crippen LogP contribution in [0.3, 0.4) is 0 Å². The zero-order valence-electron chi connectivity index (χ0n) is 37.5. The Hall–Kier alpha value is -7.05. The van der Waals surface area contributed by atoms with Crippen LogP contribution in [-0.2, 0) is 16.2 Å². The summed E-state index contributed by atoms with van der Waals surface area (Å²) in [7, 11) is 0. The van der Waals surface area contributed by atoms with Gasteiger partial charge in [-0.25, -0.2) is 4.98 Å². The van der Waals surface area contributed by atoms with Gasteiger partial charge in [0.25, 0.3) is 0 Å². The number of furan rings is 1. The van der Waals surface area contributed by atoms with Gasteiger partial charge in [-0.05, 0) is 82.0 Å². The molecule has 4 heterocycles. The Kier molecular flexibility index (Phi) is 8.46. The van der Waals surface area contributed by atoms with Crippen molar-refractivity contribution in [2.24, 2.45) is 0 Å². The quantitative estimate of drug-likeness (QED) is 0.177. The smallest absolute Gasteiger partial charge is 0.238 e. The lowest BCUT2D eigenvalue weighted by atomic mass is 9.79. The summed E-state index contributed by atoms with van der Waals surface area (Å²) in [5.74, 6) is 1.71. The summed E-state index contributed by atoms with van der Waals surface area (Å²) < 4.78 is 11.7. The summed E-state index contributed by atoms with van der Waals surface area (Å²) >= 11 is 0. The van der Waals surface area contributed by atoms with Crippen LogP contribution in [0.1, 0.15) is 79.0 Å². The van der Waals surface area contributed by atoms with Crippen molar-refractivity contribution in [1.29, 1.82) is 0 Å². The van der Waals surface area contributed by atoms with Crippen LogP contribution in [0.4, 0.5) is 0 Å². The van der Waals surface area contributed by atoms with Crippen LogP contribution >= 0.6 is 0 Å². The standard InChI is InChI=1S/C57H51N5O/c1-55(2,3)35-29-42-43-30-36(56(4,5)6)32-45(57(7,8)9)51(43)63-50(42)44(31-35)53-58-52(34-19-11-10-12-20-34)59-54(60-53)62-48-26-18-15-23-40(48)41-33-37(27-28-49(41)62)61-46-24-16-13-21-38(46)39-22-14-17-25-47(39)61/h10-33H,1-9H3. The van der Waals surface area contributed by atoms with Gasteiger partial charge in [0.1, 0.15) is 11.2 Å². The van der Waals surface area contributed by atoms with Crippen molar-refractivity contribution in [3.8, 4) is 34.4 Å². The number of aromatic nitrogens is 5. The molecule has 0 aliphatic rings. The zero-order chi connectivity index (χ0) is 43.6. The lowest BCUT2D eigenvalue weighted by molar-refractivity contribution is 0.559. The highest BCUT2D eigenvalue weighted by atomic mass is 16.3. The van der Waals surface area contributed by atoms with Gasteiger partial charge in [-0.1, -0.05) is 153 Å². The van der Waals surface area contributed by atoms with Crippen LogP contribution in [0.5, 0.6) is 0 Å². The molecule has 0 saturated carbocycles. The number of benzene rings is 7. The molecule has 11 aromatic rings. The molecule has 7 aromatic carbocycles. The fraction of sp³-hybridized carbons (Fsp3) is 0.211. The number of para-hydroxylation sites is 3. The molecular weight excluding hydrogens is 771 g/mol. The lowest BCUT2D eigenvalue weighted by Crippen LogP contribution is -2.16. The first-order valence-corrected chi connectivity index (χ1v) is 22.0. The Bertz CT molecular complexity index is 3570. The number of rotatable bonds is 4. The highest BCUT2D eigenvalue weighted by molar-refractivity contribution is 6.13. The molecule has 310 valence electrons. The van der Waals surface area contributed by atoms with E-state index in [1.807, 2.05) is 18.2 Å². The third-order valence-corrected chi connectivity index (χ3v) is 12.8. The average Bonchev–Trinajstić information content (AvgIpc) is 3.92. The maximum Gasteiger partial charge on any atom is 0.238 e. The van der Waals surface area contributed by atoms with E-state index in [1.54, 1.807) is 0 Å². The summed E-state index contributed by atoms with van der Waals surface area (Å²) in [6, 6.07) is 52.1. The van der Waals surface area contributed by atoms with Crippen LogP contribution in [0.25, 0.3) is 100.0 Å². The second-order valence-electron chi connectivity index (χ2n) is 20.2. The molecule has 0 atom stereocenters. The fourth-order valence-electron chi connectivity index (χ4n) is 9.39. The molecule has 0 aliphatic heterocycles. The van der Waals surface area contributed by atoms with Crippen molar-refractivity contribution >= 4 is 65.6 Å². The van der Waals surface area contributed by atoms with Gasteiger partial charge in [-0.3, -0.25) is 4.57 Å². The van der Waals surface area contributed by atoms with Gasteiger partial charge in [-0.15, -0.1) is 0 Å². The predicted octanol–water partition coefficient (Wildman–Crippen LogP) is 15.2. The van der Waals surface area contributed by atoms with Crippen molar-refractivity contribution in [3.05, 3.63) is 162 Å². The van der Waals surface area contributed by atoms with Gasteiger partial charge >= 0.3 is 0 Å². The van der Waals surface area contributed by atoms with E-state index in [1.165, 1.54) is 38.5 Å². The molecular formula is C57H51N5O. The van der Waals surface area contributed by atoms with Crippen LogP contribution < -0.4 is 0 Å². The molecule has 6 nitrogen and oxygen atoms in total. The van der Waals surface area contributed by atoms with Crippen molar-refractivity contribution in [2.75, 3.05) is 0 Å². The molecule has 0 saturated heterocycles. The molecule has 0 bridgehead atoms. The molecule has 4 aromatic heterocycles. The van der Waals surface area contributed by atoms with Crippen LogP contribution in [0.15, 0.2) is 150 Å². The Morgan fingerprint density at radius 3 is 1.51 bits per heavy atom. The number of hydrogen-bond donors (Lipinski definition) is 0.